The molecule has 1 aliphatic heterocycles. The van der Waals surface area contributed by atoms with Crippen LogP contribution in [0.25, 0.3) is 0 Å². The molecule has 9 heteroatoms. The van der Waals surface area contributed by atoms with Gasteiger partial charge in [-0.1, -0.05) is 0 Å². The van der Waals surface area contributed by atoms with E-state index in [2.05, 4.69) is 10.2 Å². The van der Waals surface area contributed by atoms with Gasteiger partial charge >= 0.3 is 11.7 Å². The van der Waals surface area contributed by atoms with Crippen molar-refractivity contribution in [3.8, 4) is 5.75 Å². The molecule has 0 aromatic heterocycles. The molecule has 0 bridgehead atoms. The molecule has 0 saturated carbocycles. The third-order valence-electron chi connectivity index (χ3n) is 4.65. The number of nitro benzene ring substituents is 1. The molecule has 1 N–H and O–H groups in total. The third-order valence-corrected chi connectivity index (χ3v) is 4.65. The summed E-state index contributed by atoms with van der Waals surface area (Å²) in [6.07, 6.45) is 2.36. The average molecular weight is 413 g/mol. The first-order valence-corrected chi connectivity index (χ1v) is 9.71. The van der Waals surface area contributed by atoms with Gasteiger partial charge in [0.1, 0.15) is 0 Å². The van der Waals surface area contributed by atoms with Crippen LogP contribution in [0.3, 0.4) is 0 Å². The molecule has 1 heterocycles. The quantitative estimate of drug-likeness (QED) is 0.401. The lowest BCUT2D eigenvalue weighted by Gasteiger charge is -2.17. The van der Waals surface area contributed by atoms with Gasteiger partial charge in [0.15, 0.2) is 12.4 Å². The van der Waals surface area contributed by atoms with E-state index in [1.807, 2.05) is 12.1 Å². The lowest BCUT2D eigenvalue weighted by atomic mass is 10.2. The van der Waals surface area contributed by atoms with Gasteiger partial charge in [0.05, 0.1) is 17.1 Å². The summed E-state index contributed by atoms with van der Waals surface area (Å²) in [5, 5.41) is 13.8. The van der Waals surface area contributed by atoms with Crippen molar-refractivity contribution < 1.29 is 24.0 Å². The number of nitrogens with one attached hydrogen (secondary N) is 1. The van der Waals surface area contributed by atoms with E-state index in [0.29, 0.717) is 5.69 Å². The predicted molar refractivity (Wildman–Crippen MR) is 111 cm³/mol. The van der Waals surface area contributed by atoms with E-state index in [1.54, 1.807) is 19.1 Å². The van der Waals surface area contributed by atoms with Crippen molar-refractivity contribution >= 4 is 28.9 Å². The summed E-state index contributed by atoms with van der Waals surface area (Å²) in [5.74, 6) is -1.27. The second-order valence-electron chi connectivity index (χ2n) is 6.74. The van der Waals surface area contributed by atoms with Gasteiger partial charge in [-0.3, -0.25) is 14.9 Å². The number of benzene rings is 2. The van der Waals surface area contributed by atoms with Gasteiger partial charge in [-0.05, 0) is 56.2 Å². The topological polar surface area (TPSA) is 111 Å². The summed E-state index contributed by atoms with van der Waals surface area (Å²) in [6.45, 7) is 3.51. The molecular formula is C21H23N3O6. The van der Waals surface area contributed by atoms with Gasteiger partial charge in [0.2, 0.25) is 0 Å². The number of rotatable bonds is 8. The van der Waals surface area contributed by atoms with E-state index in [-0.39, 0.29) is 23.6 Å². The number of anilines is 2. The molecule has 2 aromatic carbocycles. The maximum absolute atomic E-state index is 12.2. The number of hydrogen-bond donors (Lipinski definition) is 1. The van der Waals surface area contributed by atoms with Crippen molar-refractivity contribution in [1.29, 1.82) is 0 Å². The van der Waals surface area contributed by atoms with E-state index >= 15 is 0 Å². The number of nitrogens with zero attached hydrogens (tertiary/aromatic N) is 2. The van der Waals surface area contributed by atoms with Crippen molar-refractivity contribution in [2.24, 2.45) is 0 Å². The maximum Gasteiger partial charge on any atom is 0.338 e. The van der Waals surface area contributed by atoms with Crippen molar-refractivity contribution in [1.82, 2.24) is 0 Å². The minimum atomic E-state index is -0.833. The zero-order chi connectivity index (χ0) is 21.5. The Morgan fingerprint density at radius 3 is 2.47 bits per heavy atom. The summed E-state index contributed by atoms with van der Waals surface area (Å²) in [6, 6.07) is 11.2. The fraction of sp³-hybridized carbons (Fsp3) is 0.333. The zero-order valence-electron chi connectivity index (χ0n) is 16.6. The Labute approximate surface area is 173 Å². The molecule has 0 radical (unpaired) electrons. The van der Waals surface area contributed by atoms with E-state index in [0.717, 1.165) is 24.8 Å². The van der Waals surface area contributed by atoms with Crippen LogP contribution in [0.2, 0.25) is 0 Å². The Kier molecular flexibility index (Phi) is 6.84. The molecule has 1 amide bonds. The van der Waals surface area contributed by atoms with Gasteiger partial charge in [-0.2, -0.15) is 0 Å². The number of carbonyl (C=O) groups is 2. The van der Waals surface area contributed by atoms with Crippen LogP contribution in [0.15, 0.2) is 42.5 Å². The van der Waals surface area contributed by atoms with E-state index in [9.17, 15) is 19.7 Å². The Morgan fingerprint density at radius 1 is 1.13 bits per heavy atom. The summed E-state index contributed by atoms with van der Waals surface area (Å²) >= 11 is 0. The highest BCUT2D eigenvalue weighted by Gasteiger charge is 2.20. The SMILES string of the molecule is CCOc1ccc(C(=O)OCC(=O)Nc2ccc(N3CCCC3)cc2)cc1[N+](=O)[O-]. The number of carbonyl (C=O) groups excluding carboxylic acids is 2. The molecule has 0 atom stereocenters. The minimum absolute atomic E-state index is 0.0343. The fourth-order valence-corrected chi connectivity index (χ4v) is 3.21. The lowest BCUT2D eigenvalue weighted by Crippen LogP contribution is -2.21. The molecule has 0 unspecified atom stereocenters. The van der Waals surface area contributed by atoms with Crippen LogP contribution in [0.4, 0.5) is 17.1 Å². The predicted octanol–water partition coefficient (Wildman–Crippen LogP) is 3.39. The number of amides is 1. The molecule has 0 aliphatic carbocycles. The van der Waals surface area contributed by atoms with Crippen molar-refractivity contribution in [2.45, 2.75) is 19.8 Å². The highest BCUT2D eigenvalue weighted by molar-refractivity contribution is 5.96. The molecule has 30 heavy (non-hydrogen) atoms. The molecule has 1 fully saturated rings. The van der Waals surface area contributed by atoms with Crippen LogP contribution in [-0.4, -0.2) is 43.1 Å². The smallest absolute Gasteiger partial charge is 0.338 e. The first-order valence-electron chi connectivity index (χ1n) is 9.71. The monoisotopic (exact) mass is 413 g/mol. The van der Waals surface area contributed by atoms with Gasteiger partial charge in [-0.25, -0.2) is 4.79 Å². The van der Waals surface area contributed by atoms with Crippen LogP contribution in [0.5, 0.6) is 5.75 Å². The molecular weight excluding hydrogens is 390 g/mol. The highest BCUT2D eigenvalue weighted by atomic mass is 16.6. The van der Waals surface area contributed by atoms with Crippen molar-refractivity contribution in [2.75, 3.05) is 36.5 Å². The fourth-order valence-electron chi connectivity index (χ4n) is 3.21. The molecule has 3 rings (SSSR count). The second-order valence-corrected chi connectivity index (χ2v) is 6.74. The Hall–Kier alpha value is -3.62. The summed E-state index contributed by atoms with van der Waals surface area (Å²) in [4.78, 5) is 37.0. The van der Waals surface area contributed by atoms with Gasteiger partial charge in [0, 0.05) is 30.5 Å². The highest BCUT2D eigenvalue weighted by Crippen LogP contribution is 2.28. The van der Waals surface area contributed by atoms with E-state index < -0.39 is 23.4 Å². The van der Waals surface area contributed by atoms with Crippen LogP contribution in [0.1, 0.15) is 30.1 Å². The molecule has 1 saturated heterocycles. The molecule has 2 aromatic rings. The van der Waals surface area contributed by atoms with Crippen LogP contribution >= 0.6 is 0 Å². The van der Waals surface area contributed by atoms with Crippen LogP contribution < -0.4 is 15.0 Å². The Bertz CT molecular complexity index is 923. The second kappa shape index (κ2) is 9.73. The third kappa shape index (κ3) is 5.25. The Morgan fingerprint density at radius 2 is 1.83 bits per heavy atom. The normalized spacial score (nSPS) is 13.0. The molecule has 9 nitrogen and oxygen atoms in total. The minimum Gasteiger partial charge on any atom is -0.487 e. The van der Waals surface area contributed by atoms with Crippen LogP contribution in [0, 0.1) is 10.1 Å². The molecule has 1 aliphatic rings. The maximum atomic E-state index is 12.2. The first kappa shape index (κ1) is 21.1. The largest absolute Gasteiger partial charge is 0.487 e. The van der Waals surface area contributed by atoms with E-state index in [1.165, 1.54) is 25.0 Å². The average Bonchev–Trinajstić information content (AvgIpc) is 3.28. The summed E-state index contributed by atoms with van der Waals surface area (Å²) in [5.41, 5.74) is 1.33. The summed E-state index contributed by atoms with van der Waals surface area (Å²) < 4.78 is 10.2. The number of hydrogen-bond acceptors (Lipinski definition) is 7. The number of nitro groups is 1. The van der Waals surface area contributed by atoms with Gasteiger partial charge in [0.25, 0.3) is 5.91 Å². The molecule has 0 spiro atoms. The Balaban J connectivity index is 1.54. The molecule has 158 valence electrons. The zero-order valence-corrected chi connectivity index (χ0v) is 16.6. The lowest BCUT2D eigenvalue weighted by molar-refractivity contribution is -0.385. The summed E-state index contributed by atoms with van der Waals surface area (Å²) in [7, 11) is 0. The standard InChI is InChI=1S/C21H23N3O6/c1-2-29-19-10-5-15(13-18(19)24(27)28)21(26)30-14-20(25)22-16-6-8-17(9-7-16)23-11-3-4-12-23/h5-10,13H,2-4,11-12,14H2,1H3,(H,22,25). The van der Waals surface area contributed by atoms with Gasteiger partial charge < -0.3 is 19.7 Å². The van der Waals surface area contributed by atoms with Crippen LogP contribution in [-0.2, 0) is 9.53 Å². The first-order chi connectivity index (χ1) is 14.5. The van der Waals surface area contributed by atoms with Gasteiger partial charge in [-0.15, -0.1) is 0 Å². The number of ether oxygens (including phenoxy) is 2. The number of esters is 1. The van der Waals surface area contributed by atoms with Crippen molar-refractivity contribution in [3.05, 3.63) is 58.1 Å². The van der Waals surface area contributed by atoms with E-state index in [4.69, 9.17) is 9.47 Å². The van der Waals surface area contributed by atoms with Crippen molar-refractivity contribution in [3.63, 3.8) is 0 Å².